The van der Waals surface area contributed by atoms with Crippen molar-refractivity contribution in [1.82, 2.24) is 5.01 Å². The lowest BCUT2D eigenvalue weighted by Crippen LogP contribution is -2.19. The molecule has 14 heavy (non-hydrogen) atoms. The molecule has 4 nitrogen and oxygen atoms in total. The summed E-state index contributed by atoms with van der Waals surface area (Å²) in [5.41, 5.74) is 10.5. The highest BCUT2D eigenvalue weighted by Gasteiger charge is 1.99. The molecule has 0 aliphatic heterocycles. The van der Waals surface area contributed by atoms with Crippen LogP contribution < -0.4 is 15.9 Å². The smallest absolute Gasteiger partial charge is 0.123 e. The standard InChI is InChI=1S/C10H17N3O/c1-4-14-10-6-8(11)5-9(7-10)12-13(2)3/h5-7,12H,4,11H2,1-3H3. The number of ether oxygens (including phenoxy) is 1. The van der Waals surface area contributed by atoms with E-state index < -0.39 is 0 Å². The first-order chi connectivity index (χ1) is 6.61. The molecule has 1 aromatic rings. The van der Waals surface area contributed by atoms with Gasteiger partial charge in [-0.05, 0) is 13.0 Å². The molecule has 0 saturated carbocycles. The summed E-state index contributed by atoms with van der Waals surface area (Å²) in [6, 6.07) is 5.59. The van der Waals surface area contributed by atoms with E-state index in [1.807, 2.05) is 44.2 Å². The third-order valence-electron chi connectivity index (χ3n) is 1.59. The first kappa shape index (κ1) is 10.7. The molecule has 4 heteroatoms. The van der Waals surface area contributed by atoms with Crippen LogP contribution in [0.5, 0.6) is 5.75 Å². The molecule has 0 heterocycles. The fourth-order valence-electron chi connectivity index (χ4n) is 1.19. The van der Waals surface area contributed by atoms with Gasteiger partial charge in [0.2, 0.25) is 0 Å². The van der Waals surface area contributed by atoms with Gasteiger partial charge >= 0.3 is 0 Å². The van der Waals surface area contributed by atoms with Crippen LogP contribution in [-0.2, 0) is 0 Å². The van der Waals surface area contributed by atoms with Crippen molar-refractivity contribution in [2.45, 2.75) is 6.92 Å². The number of hydrogen-bond acceptors (Lipinski definition) is 4. The van der Waals surface area contributed by atoms with E-state index in [9.17, 15) is 0 Å². The zero-order valence-electron chi connectivity index (χ0n) is 8.87. The Morgan fingerprint density at radius 1 is 1.36 bits per heavy atom. The Kier molecular flexibility index (Phi) is 3.59. The van der Waals surface area contributed by atoms with E-state index >= 15 is 0 Å². The molecule has 0 unspecified atom stereocenters. The highest BCUT2D eigenvalue weighted by molar-refractivity contribution is 5.58. The van der Waals surface area contributed by atoms with Crippen molar-refractivity contribution in [3.05, 3.63) is 18.2 Å². The molecule has 1 aromatic carbocycles. The van der Waals surface area contributed by atoms with Gasteiger partial charge < -0.3 is 15.9 Å². The van der Waals surface area contributed by atoms with Gasteiger partial charge in [0.25, 0.3) is 0 Å². The Bertz CT molecular complexity index is 299. The molecule has 0 atom stereocenters. The monoisotopic (exact) mass is 195 g/mol. The van der Waals surface area contributed by atoms with Gasteiger partial charge in [0, 0.05) is 31.9 Å². The van der Waals surface area contributed by atoms with Gasteiger partial charge in [-0.1, -0.05) is 0 Å². The minimum absolute atomic E-state index is 0.644. The number of rotatable bonds is 4. The second-order valence-electron chi connectivity index (χ2n) is 3.23. The van der Waals surface area contributed by atoms with Gasteiger partial charge in [0.15, 0.2) is 0 Å². The molecule has 3 N–H and O–H groups in total. The molecular formula is C10H17N3O. The van der Waals surface area contributed by atoms with Gasteiger partial charge in [-0.15, -0.1) is 0 Å². The highest BCUT2D eigenvalue weighted by atomic mass is 16.5. The molecule has 0 saturated heterocycles. The van der Waals surface area contributed by atoms with Crippen molar-refractivity contribution in [2.75, 3.05) is 31.9 Å². The van der Waals surface area contributed by atoms with E-state index in [1.54, 1.807) is 0 Å². The number of nitrogen functional groups attached to an aromatic ring is 1. The molecule has 0 aromatic heterocycles. The minimum atomic E-state index is 0.644. The van der Waals surface area contributed by atoms with Crippen molar-refractivity contribution >= 4 is 11.4 Å². The van der Waals surface area contributed by atoms with E-state index in [1.165, 1.54) is 0 Å². The summed E-state index contributed by atoms with van der Waals surface area (Å²) in [6.07, 6.45) is 0. The zero-order valence-corrected chi connectivity index (χ0v) is 8.87. The fraction of sp³-hybridized carbons (Fsp3) is 0.400. The molecule has 1 rings (SSSR count). The summed E-state index contributed by atoms with van der Waals surface area (Å²) in [4.78, 5) is 0. The van der Waals surface area contributed by atoms with E-state index in [0.29, 0.717) is 12.3 Å². The molecule has 78 valence electrons. The first-order valence-corrected chi connectivity index (χ1v) is 4.59. The average molecular weight is 195 g/mol. The van der Waals surface area contributed by atoms with Crippen LogP contribution >= 0.6 is 0 Å². The minimum Gasteiger partial charge on any atom is -0.494 e. The fourth-order valence-corrected chi connectivity index (χ4v) is 1.19. The van der Waals surface area contributed by atoms with Gasteiger partial charge in [-0.25, -0.2) is 5.01 Å². The van der Waals surface area contributed by atoms with Crippen LogP contribution in [-0.4, -0.2) is 25.7 Å². The second-order valence-corrected chi connectivity index (χ2v) is 3.23. The Balaban J connectivity index is 2.83. The second kappa shape index (κ2) is 4.72. The van der Waals surface area contributed by atoms with E-state index in [-0.39, 0.29) is 0 Å². The summed E-state index contributed by atoms with van der Waals surface area (Å²) in [5, 5.41) is 1.85. The summed E-state index contributed by atoms with van der Waals surface area (Å²) < 4.78 is 5.37. The van der Waals surface area contributed by atoms with Crippen molar-refractivity contribution < 1.29 is 4.74 Å². The molecule has 0 fully saturated rings. The average Bonchev–Trinajstić information content (AvgIpc) is 2.01. The molecule has 0 aliphatic rings. The topological polar surface area (TPSA) is 50.5 Å². The Morgan fingerprint density at radius 2 is 2.07 bits per heavy atom. The van der Waals surface area contributed by atoms with Gasteiger partial charge in [-0.3, -0.25) is 0 Å². The number of hydrogen-bond donors (Lipinski definition) is 2. The Morgan fingerprint density at radius 3 is 2.64 bits per heavy atom. The molecule has 0 amide bonds. The lowest BCUT2D eigenvalue weighted by atomic mass is 10.2. The summed E-state index contributed by atoms with van der Waals surface area (Å²) in [7, 11) is 3.84. The number of benzene rings is 1. The predicted octanol–water partition coefficient (Wildman–Crippen LogP) is 1.56. The van der Waals surface area contributed by atoms with Crippen LogP contribution in [0.15, 0.2) is 18.2 Å². The Hall–Kier alpha value is -1.42. The van der Waals surface area contributed by atoms with Crippen LogP contribution in [0.1, 0.15) is 6.92 Å². The summed E-state index contributed by atoms with van der Waals surface area (Å²) in [5.74, 6) is 0.789. The number of nitrogens with two attached hydrogens (primary N) is 1. The number of hydrazine groups is 1. The molecule has 0 aliphatic carbocycles. The van der Waals surface area contributed by atoms with Crippen molar-refractivity contribution in [2.24, 2.45) is 0 Å². The maximum absolute atomic E-state index is 5.73. The highest BCUT2D eigenvalue weighted by Crippen LogP contribution is 2.22. The maximum atomic E-state index is 5.73. The van der Waals surface area contributed by atoms with Crippen molar-refractivity contribution in [1.29, 1.82) is 0 Å². The molecular weight excluding hydrogens is 178 g/mol. The van der Waals surface area contributed by atoms with E-state index in [4.69, 9.17) is 10.5 Å². The van der Waals surface area contributed by atoms with E-state index in [0.717, 1.165) is 11.4 Å². The van der Waals surface area contributed by atoms with E-state index in [2.05, 4.69) is 5.43 Å². The molecule has 0 spiro atoms. The van der Waals surface area contributed by atoms with Crippen LogP contribution in [0.25, 0.3) is 0 Å². The molecule has 0 bridgehead atoms. The number of nitrogens with zero attached hydrogens (tertiary/aromatic N) is 1. The largest absolute Gasteiger partial charge is 0.494 e. The third kappa shape index (κ3) is 3.14. The van der Waals surface area contributed by atoms with Gasteiger partial charge in [-0.2, -0.15) is 0 Å². The maximum Gasteiger partial charge on any atom is 0.123 e. The van der Waals surface area contributed by atoms with Gasteiger partial charge in [0.05, 0.1) is 12.3 Å². The molecule has 0 radical (unpaired) electrons. The lowest BCUT2D eigenvalue weighted by Gasteiger charge is -2.15. The quantitative estimate of drug-likeness (QED) is 0.565. The summed E-state index contributed by atoms with van der Waals surface area (Å²) in [6.45, 7) is 2.59. The first-order valence-electron chi connectivity index (χ1n) is 4.59. The van der Waals surface area contributed by atoms with Crippen LogP contribution in [0.2, 0.25) is 0 Å². The SMILES string of the molecule is CCOc1cc(N)cc(NN(C)C)c1. The van der Waals surface area contributed by atoms with Gasteiger partial charge in [0.1, 0.15) is 5.75 Å². The third-order valence-corrected chi connectivity index (χ3v) is 1.59. The van der Waals surface area contributed by atoms with Crippen molar-refractivity contribution in [3.63, 3.8) is 0 Å². The number of anilines is 2. The van der Waals surface area contributed by atoms with Crippen LogP contribution in [0.4, 0.5) is 11.4 Å². The Labute approximate surface area is 84.6 Å². The van der Waals surface area contributed by atoms with Crippen LogP contribution in [0.3, 0.4) is 0 Å². The zero-order chi connectivity index (χ0) is 10.6. The lowest BCUT2D eigenvalue weighted by molar-refractivity contribution is 0.340. The normalized spacial score (nSPS) is 10.3. The predicted molar refractivity (Wildman–Crippen MR) is 59.3 cm³/mol. The van der Waals surface area contributed by atoms with Crippen molar-refractivity contribution in [3.8, 4) is 5.75 Å². The summed E-state index contributed by atoms with van der Waals surface area (Å²) >= 11 is 0. The van der Waals surface area contributed by atoms with Crippen LogP contribution in [0, 0.1) is 0 Å². The number of nitrogens with one attached hydrogen (secondary N) is 1.